The molecule has 0 radical (unpaired) electrons. The zero-order chi connectivity index (χ0) is 14.8. The van der Waals surface area contributed by atoms with Crippen LogP contribution in [0, 0.1) is 0 Å². The average molecular weight is 307 g/mol. The van der Waals surface area contributed by atoms with Gasteiger partial charge in [0.15, 0.2) is 11.5 Å². The predicted molar refractivity (Wildman–Crippen MR) is 78.6 cm³/mol. The molecule has 0 N–H and O–H groups in total. The van der Waals surface area contributed by atoms with Crippen molar-refractivity contribution in [2.75, 3.05) is 13.0 Å². The van der Waals surface area contributed by atoms with Crippen molar-refractivity contribution in [2.45, 2.75) is 13.0 Å². The SMILES string of the molecule is COc1ccc2nc(CCCl)n(Cc3nncn3C)c2n1. The average Bonchev–Trinajstić information content (AvgIpc) is 3.04. The fourth-order valence-electron chi connectivity index (χ4n) is 2.18. The van der Waals surface area contributed by atoms with Crippen molar-refractivity contribution in [2.24, 2.45) is 7.05 Å². The predicted octanol–water partition coefficient (Wildman–Crippen LogP) is 1.40. The first kappa shape index (κ1) is 13.8. The van der Waals surface area contributed by atoms with Crippen molar-refractivity contribution in [3.05, 3.63) is 30.1 Å². The molecule has 0 spiro atoms. The van der Waals surface area contributed by atoms with Gasteiger partial charge in [-0.25, -0.2) is 4.98 Å². The molecule has 3 rings (SSSR count). The van der Waals surface area contributed by atoms with Crippen molar-refractivity contribution < 1.29 is 4.74 Å². The Hall–Kier alpha value is -2.15. The third kappa shape index (κ3) is 2.56. The number of nitrogens with zero attached hydrogens (tertiary/aromatic N) is 6. The van der Waals surface area contributed by atoms with Gasteiger partial charge in [0.25, 0.3) is 0 Å². The molecule has 0 aliphatic rings. The van der Waals surface area contributed by atoms with Gasteiger partial charge in [0.1, 0.15) is 17.7 Å². The summed E-state index contributed by atoms with van der Waals surface area (Å²) < 4.78 is 9.07. The first-order valence-corrected chi connectivity index (χ1v) is 7.05. The Morgan fingerprint density at radius 1 is 1.24 bits per heavy atom. The van der Waals surface area contributed by atoms with Crippen LogP contribution in [0.1, 0.15) is 11.6 Å². The van der Waals surface area contributed by atoms with E-state index in [1.165, 1.54) is 0 Å². The second-order valence-corrected chi connectivity index (χ2v) is 4.99. The van der Waals surface area contributed by atoms with Crippen LogP contribution in [0.4, 0.5) is 0 Å². The molecule has 0 saturated carbocycles. The van der Waals surface area contributed by atoms with Crippen LogP contribution in [0.5, 0.6) is 5.88 Å². The monoisotopic (exact) mass is 306 g/mol. The summed E-state index contributed by atoms with van der Waals surface area (Å²) in [5.74, 6) is 2.76. The number of alkyl halides is 1. The maximum absolute atomic E-state index is 5.88. The molecule has 8 heteroatoms. The second-order valence-electron chi connectivity index (χ2n) is 4.61. The van der Waals surface area contributed by atoms with E-state index in [1.54, 1.807) is 19.5 Å². The van der Waals surface area contributed by atoms with E-state index in [4.69, 9.17) is 16.3 Å². The number of imidazole rings is 1. The summed E-state index contributed by atoms with van der Waals surface area (Å²) in [5, 5.41) is 8.01. The molecule has 0 unspecified atom stereocenters. The van der Waals surface area contributed by atoms with Crippen LogP contribution >= 0.6 is 11.6 Å². The quantitative estimate of drug-likeness (QED) is 0.666. The largest absolute Gasteiger partial charge is 0.481 e. The number of halogens is 1. The zero-order valence-corrected chi connectivity index (χ0v) is 12.6. The first-order chi connectivity index (χ1) is 10.2. The van der Waals surface area contributed by atoms with Crippen molar-refractivity contribution >= 4 is 22.8 Å². The molecule has 21 heavy (non-hydrogen) atoms. The van der Waals surface area contributed by atoms with E-state index in [0.717, 1.165) is 22.8 Å². The molecule has 3 aromatic rings. The Morgan fingerprint density at radius 2 is 2.10 bits per heavy atom. The van der Waals surface area contributed by atoms with E-state index in [1.807, 2.05) is 22.2 Å². The Labute approximate surface area is 126 Å². The van der Waals surface area contributed by atoms with Gasteiger partial charge in [-0.2, -0.15) is 4.98 Å². The molecule has 0 saturated heterocycles. The summed E-state index contributed by atoms with van der Waals surface area (Å²) in [5.41, 5.74) is 1.58. The number of rotatable bonds is 5. The molecule has 0 bridgehead atoms. The summed E-state index contributed by atoms with van der Waals surface area (Å²) in [7, 11) is 3.50. The highest BCUT2D eigenvalue weighted by Gasteiger charge is 2.14. The number of hydrogen-bond acceptors (Lipinski definition) is 5. The number of aromatic nitrogens is 6. The van der Waals surface area contributed by atoms with Gasteiger partial charge in [-0.05, 0) is 6.07 Å². The lowest BCUT2D eigenvalue weighted by Crippen LogP contribution is -2.10. The molecule has 0 aliphatic carbocycles. The minimum Gasteiger partial charge on any atom is -0.481 e. The van der Waals surface area contributed by atoms with Crippen LogP contribution in [0.15, 0.2) is 18.5 Å². The van der Waals surface area contributed by atoms with Gasteiger partial charge in [0.05, 0.1) is 13.7 Å². The van der Waals surface area contributed by atoms with Crippen molar-refractivity contribution in [1.29, 1.82) is 0 Å². The summed E-state index contributed by atoms with van der Waals surface area (Å²) in [4.78, 5) is 9.08. The topological polar surface area (TPSA) is 70.7 Å². The molecule has 110 valence electrons. The van der Waals surface area contributed by atoms with Crippen LogP contribution in [0.3, 0.4) is 0 Å². The molecular weight excluding hydrogens is 292 g/mol. The summed E-state index contributed by atoms with van der Waals surface area (Å²) in [6, 6.07) is 3.69. The van der Waals surface area contributed by atoms with E-state index in [2.05, 4.69) is 20.2 Å². The van der Waals surface area contributed by atoms with Crippen LogP contribution < -0.4 is 4.74 Å². The minimum absolute atomic E-state index is 0.499. The van der Waals surface area contributed by atoms with Crippen molar-refractivity contribution in [3.63, 3.8) is 0 Å². The number of ether oxygens (including phenoxy) is 1. The maximum atomic E-state index is 5.88. The molecule has 0 amide bonds. The lowest BCUT2D eigenvalue weighted by atomic mass is 10.4. The molecule has 0 fully saturated rings. The highest BCUT2D eigenvalue weighted by Crippen LogP contribution is 2.19. The van der Waals surface area contributed by atoms with Gasteiger partial charge in [-0.3, -0.25) is 0 Å². The second kappa shape index (κ2) is 5.69. The van der Waals surface area contributed by atoms with Crippen LogP contribution in [-0.4, -0.2) is 42.3 Å². The highest BCUT2D eigenvalue weighted by molar-refractivity contribution is 6.17. The van der Waals surface area contributed by atoms with E-state index in [9.17, 15) is 0 Å². The standard InChI is InChI=1S/C13H15ClN6O/c1-19-8-15-18-11(19)7-20-10(5-6-14)16-9-3-4-12(21-2)17-13(9)20/h3-4,8H,5-7H2,1-2H3. The molecule has 7 nitrogen and oxygen atoms in total. The Kier molecular flexibility index (Phi) is 3.74. The third-order valence-electron chi connectivity index (χ3n) is 3.28. The van der Waals surface area contributed by atoms with Gasteiger partial charge in [0, 0.05) is 25.4 Å². The molecule has 3 heterocycles. The maximum Gasteiger partial charge on any atom is 0.215 e. The molecule has 3 aromatic heterocycles. The van der Waals surface area contributed by atoms with Crippen LogP contribution in [0.2, 0.25) is 0 Å². The zero-order valence-electron chi connectivity index (χ0n) is 11.8. The first-order valence-electron chi connectivity index (χ1n) is 6.52. The van der Waals surface area contributed by atoms with Gasteiger partial charge in [-0.15, -0.1) is 21.8 Å². The van der Waals surface area contributed by atoms with Crippen LogP contribution in [0.25, 0.3) is 11.2 Å². The van der Waals surface area contributed by atoms with Gasteiger partial charge >= 0.3 is 0 Å². The van der Waals surface area contributed by atoms with E-state index >= 15 is 0 Å². The number of aryl methyl sites for hydroxylation is 2. The fourth-order valence-corrected chi connectivity index (χ4v) is 2.35. The Balaban J connectivity index is 2.12. The number of methoxy groups -OCH3 is 1. The summed E-state index contributed by atoms with van der Waals surface area (Å²) in [6.45, 7) is 0.541. The summed E-state index contributed by atoms with van der Waals surface area (Å²) >= 11 is 5.88. The fraction of sp³-hybridized carbons (Fsp3) is 0.385. The minimum atomic E-state index is 0.499. The lowest BCUT2D eigenvalue weighted by Gasteiger charge is -2.07. The summed E-state index contributed by atoms with van der Waals surface area (Å²) in [6.07, 6.45) is 2.34. The van der Waals surface area contributed by atoms with Crippen LogP contribution in [-0.2, 0) is 20.0 Å². The van der Waals surface area contributed by atoms with Crippen molar-refractivity contribution in [1.82, 2.24) is 29.3 Å². The van der Waals surface area contributed by atoms with E-state index < -0.39 is 0 Å². The van der Waals surface area contributed by atoms with Gasteiger partial charge < -0.3 is 13.9 Å². The molecule has 0 aromatic carbocycles. The van der Waals surface area contributed by atoms with Gasteiger partial charge in [-0.1, -0.05) is 0 Å². The molecular formula is C13H15ClN6O. The number of fused-ring (bicyclic) bond motifs is 1. The van der Waals surface area contributed by atoms with E-state index in [-0.39, 0.29) is 0 Å². The Morgan fingerprint density at radius 3 is 2.76 bits per heavy atom. The number of hydrogen-bond donors (Lipinski definition) is 0. The normalized spacial score (nSPS) is 11.2. The Bertz CT molecular complexity index is 765. The smallest absolute Gasteiger partial charge is 0.215 e. The molecule has 0 atom stereocenters. The van der Waals surface area contributed by atoms with Gasteiger partial charge in [0.2, 0.25) is 5.88 Å². The highest BCUT2D eigenvalue weighted by atomic mass is 35.5. The van der Waals surface area contributed by atoms with E-state index in [0.29, 0.717) is 24.7 Å². The lowest BCUT2D eigenvalue weighted by molar-refractivity contribution is 0.399. The molecule has 0 aliphatic heterocycles. The van der Waals surface area contributed by atoms with Crippen molar-refractivity contribution in [3.8, 4) is 5.88 Å². The third-order valence-corrected chi connectivity index (χ3v) is 3.47. The number of pyridine rings is 1.